The molecule has 1 aromatic carbocycles. The van der Waals surface area contributed by atoms with E-state index in [1.165, 1.54) is 16.4 Å². The molecule has 0 bridgehead atoms. The van der Waals surface area contributed by atoms with Gasteiger partial charge in [-0.2, -0.15) is 0 Å². The smallest absolute Gasteiger partial charge is 0.308 e. The van der Waals surface area contributed by atoms with E-state index in [1.54, 1.807) is 6.92 Å². The minimum atomic E-state index is -3.65. The average molecular weight is 380 g/mol. The molecule has 1 saturated heterocycles. The molecule has 1 aromatic rings. The highest BCUT2D eigenvalue weighted by Crippen LogP contribution is 2.27. The Labute approximate surface area is 130 Å². The molecule has 0 saturated carbocycles. The van der Waals surface area contributed by atoms with Crippen molar-refractivity contribution in [3.8, 4) is 0 Å². The van der Waals surface area contributed by atoms with Gasteiger partial charge in [0.05, 0.1) is 16.1 Å². The fourth-order valence-electron chi connectivity index (χ4n) is 2.40. The van der Waals surface area contributed by atoms with Gasteiger partial charge in [0.15, 0.2) is 0 Å². The summed E-state index contributed by atoms with van der Waals surface area (Å²) in [6.45, 7) is 1.86. The Morgan fingerprint density at radius 1 is 1.48 bits per heavy atom. The zero-order chi connectivity index (χ0) is 15.8. The molecule has 116 valence electrons. The van der Waals surface area contributed by atoms with Crippen LogP contribution >= 0.6 is 15.9 Å². The standard InChI is InChI=1S/C13H15BrFNO4S/c1-8-5-16(6-10(8)13(17)18)21(19,20)7-9-2-3-11(14)12(15)4-9/h2-4,8,10H,5-7H2,1H3,(H,17,18)/t8-,10-/m1/s1. The molecule has 0 radical (unpaired) electrons. The molecule has 0 amide bonds. The summed E-state index contributed by atoms with van der Waals surface area (Å²) in [5.41, 5.74) is 0.335. The van der Waals surface area contributed by atoms with Crippen LogP contribution in [0.2, 0.25) is 0 Å². The first-order valence-corrected chi connectivity index (χ1v) is 8.75. The lowest BCUT2D eigenvalue weighted by Crippen LogP contribution is -2.31. The van der Waals surface area contributed by atoms with E-state index in [0.717, 1.165) is 6.07 Å². The van der Waals surface area contributed by atoms with E-state index in [2.05, 4.69) is 15.9 Å². The molecule has 0 aliphatic carbocycles. The quantitative estimate of drug-likeness (QED) is 0.868. The Morgan fingerprint density at radius 3 is 2.67 bits per heavy atom. The normalized spacial score (nSPS) is 23.4. The molecule has 21 heavy (non-hydrogen) atoms. The van der Waals surface area contributed by atoms with Gasteiger partial charge in [-0.25, -0.2) is 17.1 Å². The van der Waals surface area contributed by atoms with Crippen molar-refractivity contribution in [1.82, 2.24) is 4.31 Å². The van der Waals surface area contributed by atoms with E-state index in [9.17, 15) is 17.6 Å². The van der Waals surface area contributed by atoms with Crippen molar-refractivity contribution in [2.24, 2.45) is 11.8 Å². The van der Waals surface area contributed by atoms with Gasteiger partial charge in [0.2, 0.25) is 10.0 Å². The lowest BCUT2D eigenvalue weighted by Gasteiger charge is -2.16. The first-order valence-electron chi connectivity index (χ1n) is 6.35. The molecule has 0 unspecified atom stereocenters. The van der Waals surface area contributed by atoms with E-state index in [0.29, 0.717) is 5.56 Å². The van der Waals surface area contributed by atoms with Gasteiger partial charge in [-0.15, -0.1) is 0 Å². The second-order valence-corrected chi connectivity index (χ2v) is 8.07. The Morgan fingerprint density at radius 2 is 2.14 bits per heavy atom. The molecule has 1 aliphatic heterocycles. The zero-order valence-electron chi connectivity index (χ0n) is 11.3. The number of halogens is 2. The summed E-state index contributed by atoms with van der Waals surface area (Å²) < 4.78 is 39.5. The second kappa shape index (κ2) is 6.02. The van der Waals surface area contributed by atoms with Crippen LogP contribution < -0.4 is 0 Å². The van der Waals surface area contributed by atoms with Crippen LogP contribution in [0.4, 0.5) is 4.39 Å². The van der Waals surface area contributed by atoms with Crippen LogP contribution in [0.5, 0.6) is 0 Å². The lowest BCUT2D eigenvalue weighted by atomic mass is 9.99. The van der Waals surface area contributed by atoms with Crippen LogP contribution in [0, 0.1) is 17.7 Å². The average Bonchev–Trinajstić information content (AvgIpc) is 2.77. The third-order valence-electron chi connectivity index (χ3n) is 3.62. The minimum absolute atomic E-state index is 0.0299. The predicted molar refractivity (Wildman–Crippen MR) is 78.6 cm³/mol. The molecule has 1 fully saturated rings. The van der Waals surface area contributed by atoms with Crippen molar-refractivity contribution in [2.45, 2.75) is 12.7 Å². The molecule has 2 atom stereocenters. The van der Waals surface area contributed by atoms with Gasteiger partial charge < -0.3 is 5.11 Å². The number of carbonyl (C=O) groups is 1. The van der Waals surface area contributed by atoms with Gasteiger partial charge in [0.1, 0.15) is 5.82 Å². The van der Waals surface area contributed by atoms with Crippen LogP contribution in [0.3, 0.4) is 0 Å². The predicted octanol–water partition coefficient (Wildman–Crippen LogP) is 2.07. The van der Waals surface area contributed by atoms with Crippen molar-refractivity contribution in [3.05, 3.63) is 34.1 Å². The van der Waals surface area contributed by atoms with Crippen molar-refractivity contribution >= 4 is 31.9 Å². The van der Waals surface area contributed by atoms with Crippen LogP contribution in [-0.4, -0.2) is 36.9 Å². The van der Waals surface area contributed by atoms with Crippen molar-refractivity contribution in [2.75, 3.05) is 13.1 Å². The van der Waals surface area contributed by atoms with Crippen LogP contribution in [0.1, 0.15) is 12.5 Å². The summed E-state index contributed by atoms with van der Waals surface area (Å²) in [5.74, 6) is -2.79. The number of rotatable bonds is 4. The number of carboxylic acids is 1. The minimum Gasteiger partial charge on any atom is -0.481 e. The van der Waals surface area contributed by atoms with E-state index in [-0.39, 0.29) is 29.2 Å². The Kier molecular flexibility index (Phi) is 4.69. The number of benzene rings is 1. The first kappa shape index (κ1) is 16.4. The highest BCUT2D eigenvalue weighted by molar-refractivity contribution is 9.10. The van der Waals surface area contributed by atoms with Gasteiger partial charge in [-0.05, 0) is 39.5 Å². The molecule has 0 aromatic heterocycles. The topological polar surface area (TPSA) is 74.7 Å². The first-order chi connectivity index (χ1) is 9.70. The van der Waals surface area contributed by atoms with Crippen LogP contribution in [-0.2, 0) is 20.6 Å². The largest absolute Gasteiger partial charge is 0.481 e. The zero-order valence-corrected chi connectivity index (χ0v) is 13.7. The van der Waals surface area contributed by atoms with E-state index in [1.807, 2.05) is 0 Å². The van der Waals surface area contributed by atoms with Gasteiger partial charge >= 0.3 is 5.97 Å². The van der Waals surface area contributed by atoms with Crippen molar-refractivity contribution < 1.29 is 22.7 Å². The lowest BCUT2D eigenvalue weighted by molar-refractivity contribution is -0.142. The fourth-order valence-corrected chi connectivity index (χ4v) is 4.28. The van der Waals surface area contributed by atoms with Crippen LogP contribution in [0.15, 0.2) is 22.7 Å². The van der Waals surface area contributed by atoms with Gasteiger partial charge in [0.25, 0.3) is 0 Å². The summed E-state index contributed by atoms with van der Waals surface area (Å²) >= 11 is 3.01. The summed E-state index contributed by atoms with van der Waals surface area (Å²) in [4.78, 5) is 11.0. The Hall–Kier alpha value is -0.990. The molecule has 0 spiro atoms. The van der Waals surface area contributed by atoms with E-state index < -0.39 is 27.7 Å². The maximum absolute atomic E-state index is 13.4. The summed E-state index contributed by atoms with van der Waals surface area (Å²) in [7, 11) is -3.65. The number of carboxylic acid groups (broad SMARTS) is 1. The molecule has 1 N–H and O–H groups in total. The molecule has 8 heteroatoms. The number of hydrogen-bond donors (Lipinski definition) is 1. The number of nitrogens with zero attached hydrogens (tertiary/aromatic N) is 1. The van der Waals surface area contributed by atoms with Crippen LogP contribution in [0.25, 0.3) is 0 Å². The summed E-state index contributed by atoms with van der Waals surface area (Å²) in [5, 5.41) is 9.05. The molecule has 1 heterocycles. The fraction of sp³-hybridized carbons (Fsp3) is 0.462. The third-order valence-corrected chi connectivity index (χ3v) is 6.05. The van der Waals surface area contributed by atoms with Crippen molar-refractivity contribution in [1.29, 1.82) is 0 Å². The highest BCUT2D eigenvalue weighted by atomic mass is 79.9. The Bertz CT molecular complexity index is 664. The van der Waals surface area contributed by atoms with E-state index >= 15 is 0 Å². The molecule has 1 aliphatic rings. The Balaban J connectivity index is 2.16. The molecular weight excluding hydrogens is 365 g/mol. The number of hydrogen-bond acceptors (Lipinski definition) is 3. The van der Waals surface area contributed by atoms with Gasteiger partial charge in [-0.1, -0.05) is 13.0 Å². The summed E-state index contributed by atoms with van der Waals surface area (Å²) in [6, 6.07) is 4.14. The molecular formula is C13H15BrFNO4S. The number of sulfonamides is 1. The van der Waals surface area contributed by atoms with Gasteiger partial charge in [-0.3, -0.25) is 4.79 Å². The maximum Gasteiger partial charge on any atom is 0.308 e. The summed E-state index contributed by atoms with van der Waals surface area (Å²) in [6.07, 6.45) is 0. The van der Waals surface area contributed by atoms with E-state index in [4.69, 9.17) is 5.11 Å². The second-order valence-electron chi connectivity index (χ2n) is 5.24. The molecule has 2 rings (SSSR count). The third kappa shape index (κ3) is 3.61. The number of aliphatic carboxylic acids is 1. The SMILES string of the molecule is C[C@@H]1CN(S(=O)(=O)Cc2ccc(Br)c(F)c2)C[C@H]1C(=O)O. The highest BCUT2D eigenvalue weighted by Gasteiger charge is 2.40. The van der Waals surface area contributed by atoms with Crippen molar-refractivity contribution in [3.63, 3.8) is 0 Å². The van der Waals surface area contributed by atoms with Gasteiger partial charge in [0, 0.05) is 13.1 Å². The monoisotopic (exact) mass is 379 g/mol. The molecule has 5 nitrogen and oxygen atoms in total. The maximum atomic E-state index is 13.4.